The summed E-state index contributed by atoms with van der Waals surface area (Å²) in [5, 5.41) is 3.46. The standard InChI is InChI=1S/C13H19NO/c1-10-6-7-14-9-13(10)11-4-3-5-12(8-11)15-2/h3-5,8,10,13-14H,6-7,9H2,1-2H3. The third kappa shape index (κ3) is 2.32. The fourth-order valence-corrected chi connectivity index (χ4v) is 2.31. The maximum Gasteiger partial charge on any atom is 0.119 e. The zero-order chi connectivity index (χ0) is 10.7. The van der Waals surface area contributed by atoms with Crippen molar-refractivity contribution in [2.45, 2.75) is 19.3 Å². The van der Waals surface area contributed by atoms with E-state index in [9.17, 15) is 0 Å². The van der Waals surface area contributed by atoms with Gasteiger partial charge in [0.2, 0.25) is 0 Å². The van der Waals surface area contributed by atoms with Crippen LogP contribution in [0.15, 0.2) is 24.3 Å². The molecule has 1 N–H and O–H groups in total. The number of hydrogen-bond donors (Lipinski definition) is 1. The highest BCUT2D eigenvalue weighted by molar-refractivity contribution is 5.31. The van der Waals surface area contributed by atoms with E-state index in [1.165, 1.54) is 12.0 Å². The van der Waals surface area contributed by atoms with Crippen LogP contribution in [-0.4, -0.2) is 20.2 Å². The van der Waals surface area contributed by atoms with E-state index in [-0.39, 0.29) is 0 Å². The van der Waals surface area contributed by atoms with E-state index in [1.54, 1.807) is 7.11 Å². The summed E-state index contributed by atoms with van der Waals surface area (Å²) in [5.41, 5.74) is 1.40. The van der Waals surface area contributed by atoms with Crippen LogP contribution in [0.5, 0.6) is 5.75 Å². The molecule has 0 amide bonds. The van der Waals surface area contributed by atoms with Crippen LogP contribution in [0.2, 0.25) is 0 Å². The van der Waals surface area contributed by atoms with Gasteiger partial charge < -0.3 is 10.1 Å². The van der Waals surface area contributed by atoms with E-state index in [0.29, 0.717) is 5.92 Å². The average molecular weight is 205 g/mol. The summed E-state index contributed by atoms with van der Waals surface area (Å²) in [4.78, 5) is 0. The first-order valence-corrected chi connectivity index (χ1v) is 5.66. The second-order valence-electron chi connectivity index (χ2n) is 4.35. The van der Waals surface area contributed by atoms with Gasteiger partial charge in [-0.3, -0.25) is 0 Å². The second kappa shape index (κ2) is 4.67. The van der Waals surface area contributed by atoms with Gasteiger partial charge in [0.05, 0.1) is 7.11 Å². The topological polar surface area (TPSA) is 21.3 Å². The molecule has 15 heavy (non-hydrogen) atoms. The molecule has 1 aliphatic heterocycles. The first-order valence-electron chi connectivity index (χ1n) is 5.66. The molecule has 2 nitrogen and oxygen atoms in total. The Morgan fingerprint density at radius 3 is 3.00 bits per heavy atom. The Morgan fingerprint density at radius 1 is 1.40 bits per heavy atom. The molecule has 0 bridgehead atoms. The van der Waals surface area contributed by atoms with Gasteiger partial charge in [-0.25, -0.2) is 0 Å². The quantitative estimate of drug-likeness (QED) is 0.800. The highest BCUT2D eigenvalue weighted by Crippen LogP contribution is 2.30. The van der Waals surface area contributed by atoms with Crippen LogP contribution < -0.4 is 10.1 Å². The number of ether oxygens (including phenoxy) is 1. The minimum atomic E-state index is 0.633. The molecule has 1 fully saturated rings. The van der Waals surface area contributed by atoms with Crippen molar-refractivity contribution in [2.75, 3.05) is 20.2 Å². The van der Waals surface area contributed by atoms with E-state index >= 15 is 0 Å². The maximum absolute atomic E-state index is 5.26. The molecule has 1 aromatic rings. The third-order valence-corrected chi connectivity index (χ3v) is 3.35. The molecule has 0 spiro atoms. The predicted octanol–water partition coefficient (Wildman–Crippen LogP) is 2.41. The van der Waals surface area contributed by atoms with Crippen molar-refractivity contribution in [3.05, 3.63) is 29.8 Å². The smallest absolute Gasteiger partial charge is 0.119 e. The van der Waals surface area contributed by atoms with Gasteiger partial charge >= 0.3 is 0 Å². The Morgan fingerprint density at radius 2 is 2.27 bits per heavy atom. The van der Waals surface area contributed by atoms with Crippen molar-refractivity contribution in [3.8, 4) is 5.75 Å². The van der Waals surface area contributed by atoms with Gasteiger partial charge in [-0.15, -0.1) is 0 Å². The summed E-state index contributed by atoms with van der Waals surface area (Å²) in [6.45, 7) is 4.58. The Balaban J connectivity index is 2.19. The molecule has 2 rings (SSSR count). The van der Waals surface area contributed by atoms with Gasteiger partial charge in [-0.1, -0.05) is 19.1 Å². The lowest BCUT2D eigenvalue weighted by atomic mass is 9.83. The summed E-state index contributed by atoms with van der Waals surface area (Å²) in [6.07, 6.45) is 1.27. The number of hydrogen-bond acceptors (Lipinski definition) is 2. The van der Waals surface area contributed by atoms with Gasteiger partial charge in [0.15, 0.2) is 0 Å². The molecule has 2 unspecified atom stereocenters. The van der Waals surface area contributed by atoms with Gasteiger partial charge in [-0.05, 0) is 42.5 Å². The van der Waals surface area contributed by atoms with Crippen molar-refractivity contribution in [1.82, 2.24) is 5.32 Å². The zero-order valence-corrected chi connectivity index (χ0v) is 9.49. The third-order valence-electron chi connectivity index (χ3n) is 3.35. The van der Waals surface area contributed by atoms with Crippen molar-refractivity contribution in [3.63, 3.8) is 0 Å². The van der Waals surface area contributed by atoms with E-state index in [2.05, 4.69) is 30.4 Å². The molecular formula is C13H19NO. The molecule has 0 radical (unpaired) electrons. The molecule has 0 aromatic heterocycles. The Labute approximate surface area is 91.6 Å². The molecular weight excluding hydrogens is 186 g/mol. The molecule has 0 aliphatic carbocycles. The van der Waals surface area contributed by atoms with E-state index < -0.39 is 0 Å². The SMILES string of the molecule is COc1cccc(C2CNCCC2C)c1. The number of rotatable bonds is 2. The van der Waals surface area contributed by atoms with E-state index in [1.807, 2.05) is 6.07 Å². The highest BCUT2D eigenvalue weighted by Gasteiger charge is 2.22. The first kappa shape index (κ1) is 10.5. The highest BCUT2D eigenvalue weighted by atomic mass is 16.5. The molecule has 1 aliphatic rings. The number of methoxy groups -OCH3 is 1. The summed E-state index contributed by atoms with van der Waals surface area (Å²) in [6, 6.07) is 8.45. The van der Waals surface area contributed by atoms with Crippen LogP contribution in [0, 0.1) is 5.92 Å². The van der Waals surface area contributed by atoms with Crippen LogP contribution in [0.4, 0.5) is 0 Å². The number of nitrogens with one attached hydrogen (secondary N) is 1. The van der Waals surface area contributed by atoms with E-state index in [4.69, 9.17) is 4.74 Å². The molecule has 0 saturated carbocycles. The second-order valence-corrected chi connectivity index (χ2v) is 4.35. The fraction of sp³-hybridized carbons (Fsp3) is 0.538. The van der Waals surface area contributed by atoms with Crippen molar-refractivity contribution in [2.24, 2.45) is 5.92 Å². The van der Waals surface area contributed by atoms with Crippen LogP contribution in [0.3, 0.4) is 0 Å². The van der Waals surface area contributed by atoms with Crippen LogP contribution >= 0.6 is 0 Å². The predicted molar refractivity (Wildman–Crippen MR) is 62.4 cm³/mol. The average Bonchev–Trinajstić information content (AvgIpc) is 2.30. The zero-order valence-electron chi connectivity index (χ0n) is 9.49. The molecule has 2 heteroatoms. The van der Waals surface area contributed by atoms with Crippen molar-refractivity contribution >= 4 is 0 Å². The Bertz CT molecular complexity index is 324. The van der Waals surface area contributed by atoms with Crippen LogP contribution in [0.1, 0.15) is 24.8 Å². The lowest BCUT2D eigenvalue weighted by Gasteiger charge is -2.30. The summed E-state index contributed by atoms with van der Waals surface area (Å²) in [5.74, 6) is 2.36. The fourth-order valence-electron chi connectivity index (χ4n) is 2.31. The lowest BCUT2D eigenvalue weighted by molar-refractivity contribution is 0.346. The number of piperidine rings is 1. The molecule has 1 heterocycles. The first-order chi connectivity index (χ1) is 7.31. The molecule has 82 valence electrons. The monoisotopic (exact) mass is 205 g/mol. The Kier molecular flexibility index (Phi) is 3.27. The van der Waals surface area contributed by atoms with Gasteiger partial charge in [0, 0.05) is 6.54 Å². The van der Waals surface area contributed by atoms with Gasteiger partial charge in [0.1, 0.15) is 5.75 Å². The normalized spacial score (nSPS) is 26.3. The van der Waals surface area contributed by atoms with Gasteiger partial charge in [-0.2, -0.15) is 0 Å². The minimum Gasteiger partial charge on any atom is -0.497 e. The van der Waals surface area contributed by atoms with Crippen molar-refractivity contribution in [1.29, 1.82) is 0 Å². The van der Waals surface area contributed by atoms with Crippen molar-refractivity contribution < 1.29 is 4.74 Å². The van der Waals surface area contributed by atoms with Gasteiger partial charge in [0.25, 0.3) is 0 Å². The summed E-state index contributed by atoms with van der Waals surface area (Å²) >= 11 is 0. The summed E-state index contributed by atoms with van der Waals surface area (Å²) in [7, 11) is 1.72. The van der Waals surface area contributed by atoms with Crippen LogP contribution in [-0.2, 0) is 0 Å². The number of benzene rings is 1. The van der Waals surface area contributed by atoms with Crippen LogP contribution in [0.25, 0.3) is 0 Å². The minimum absolute atomic E-state index is 0.633. The molecule has 2 atom stereocenters. The largest absolute Gasteiger partial charge is 0.497 e. The van der Waals surface area contributed by atoms with E-state index in [0.717, 1.165) is 24.8 Å². The molecule has 1 saturated heterocycles. The lowest BCUT2D eigenvalue weighted by Crippen LogP contribution is -2.33. The maximum atomic E-state index is 5.26. The molecule has 1 aromatic carbocycles. The summed E-state index contributed by atoms with van der Waals surface area (Å²) < 4.78 is 5.26. The Hall–Kier alpha value is -1.02.